The highest BCUT2D eigenvalue weighted by atomic mass is 16.7. The van der Waals surface area contributed by atoms with Gasteiger partial charge in [0.2, 0.25) is 0 Å². The Morgan fingerprint density at radius 1 is 1.26 bits per heavy atom. The molecule has 0 aromatic carbocycles. The summed E-state index contributed by atoms with van der Waals surface area (Å²) in [7, 11) is -0.829. The molecule has 0 unspecified atom stereocenters. The minimum absolute atomic E-state index is 0.0579. The van der Waals surface area contributed by atoms with Gasteiger partial charge in [0.25, 0.3) is 5.91 Å². The number of hydrogen-bond donors (Lipinski definition) is 2. The lowest BCUT2D eigenvalue weighted by molar-refractivity contribution is 0.00578. The Labute approximate surface area is 112 Å². The summed E-state index contributed by atoms with van der Waals surface area (Å²) in [5.41, 5.74) is 4.30. The summed E-state index contributed by atoms with van der Waals surface area (Å²) in [5, 5.41) is 9.84. The summed E-state index contributed by atoms with van der Waals surface area (Å²) in [6.07, 6.45) is 0. The van der Waals surface area contributed by atoms with Crippen molar-refractivity contribution in [1.29, 1.82) is 0 Å². The standard InChI is InChI=1S/C12H17BN2O4/c1-11(2)12(3,4)19-13(18-11)9-8(16)6-5-7(15-9)10(14)17/h5-6,16H,1-4H3,(H2,14,17). The smallest absolute Gasteiger partial charge is 0.507 e. The van der Waals surface area contributed by atoms with Gasteiger partial charge in [-0.15, -0.1) is 0 Å². The molecule has 2 rings (SSSR count). The topological polar surface area (TPSA) is 94.7 Å². The molecule has 0 atom stereocenters. The maximum absolute atomic E-state index is 11.1. The fourth-order valence-corrected chi connectivity index (χ4v) is 1.73. The lowest BCUT2D eigenvalue weighted by Crippen LogP contribution is -2.41. The summed E-state index contributed by atoms with van der Waals surface area (Å²) < 4.78 is 11.5. The SMILES string of the molecule is CC1(C)OB(c2nc(C(N)=O)ccc2O)OC1(C)C. The number of nitrogens with two attached hydrogens (primary N) is 1. The van der Waals surface area contributed by atoms with E-state index in [0.29, 0.717) is 0 Å². The van der Waals surface area contributed by atoms with Crippen LogP contribution in [0.3, 0.4) is 0 Å². The highest BCUT2D eigenvalue weighted by molar-refractivity contribution is 6.62. The number of pyridine rings is 1. The Balaban J connectivity index is 2.39. The van der Waals surface area contributed by atoms with E-state index in [9.17, 15) is 9.90 Å². The quantitative estimate of drug-likeness (QED) is 0.743. The fourth-order valence-electron chi connectivity index (χ4n) is 1.73. The van der Waals surface area contributed by atoms with Crippen LogP contribution in [-0.2, 0) is 9.31 Å². The van der Waals surface area contributed by atoms with Gasteiger partial charge in [-0.2, -0.15) is 0 Å². The molecule has 2 heterocycles. The Morgan fingerprint density at radius 3 is 2.26 bits per heavy atom. The normalized spacial score (nSPS) is 20.5. The molecule has 19 heavy (non-hydrogen) atoms. The van der Waals surface area contributed by atoms with Crippen molar-refractivity contribution in [3.05, 3.63) is 17.8 Å². The van der Waals surface area contributed by atoms with Gasteiger partial charge in [-0.1, -0.05) is 0 Å². The highest BCUT2D eigenvalue weighted by Gasteiger charge is 2.53. The molecule has 0 bridgehead atoms. The predicted octanol–water partition coefficient (Wildman–Crippen LogP) is 0.185. The molecule has 0 spiro atoms. The van der Waals surface area contributed by atoms with Crippen molar-refractivity contribution in [2.24, 2.45) is 5.73 Å². The van der Waals surface area contributed by atoms with Crippen LogP contribution >= 0.6 is 0 Å². The minimum Gasteiger partial charge on any atom is -0.507 e. The van der Waals surface area contributed by atoms with Gasteiger partial charge in [0.1, 0.15) is 17.0 Å². The van der Waals surface area contributed by atoms with Crippen LogP contribution in [0.4, 0.5) is 0 Å². The van der Waals surface area contributed by atoms with E-state index >= 15 is 0 Å². The maximum atomic E-state index is 11.1. The minimum atomic E-state index is -0.829. The zero-order valence-corrected chi connectivity index (χ0v) is 11.4. The number of primary amides is 1. The van der Waals surface area contributed by atoms with Crippen LogP contribution in [0, 0.1) is 0 Å². The number of carbonyl (C=O) groups is 1. The van der Waals surface area contributed by atoms with Crippen molar-refractivity contribution in [1.82, 2.24) is 4.98 Å². The van der Waals surface area contributed by atoms with E-state index in [1.54, 1.807) is 0 Å². The van der Waals surface area contributed by atoms with E-state index in [1.807, 2.05) is 27.7 Å². The van der Waals surface area contributed by atoms with Crippen LogP contribution in [0.25, 0.3) is 0 Å². The lowest BCUT2D eigenvalue weighted by atomic mass is 9.83. The Hall–Kier alpha value is -1.60. The first kappa shape index (κ1) is 13.8. The van der Waals surface area contributed by atoms with Gasteiger partial charge >= 0.3 is 7.12 Å². The molecular formula is C12H17BN2O4. The molecule has 1 saturated heterocycles. The number of rotatable bonds is 2. The van der Waals surface area contributed by atoms with Crippen molar-refractivity contribution >= 4 is 18.6 Å². The number of hydrogen-bond acceptors (Lipinski definition) is 5. The van der Waals surface area contributed by atoms with E-state index in [-0.39, 0.29) is 17.0 Å². The fraction of sp³-hybridized carbons (Fsp3) is 0.500. The molecule has 1 aliphatic rings. The number of amides is 1. The summed E-state index contributed by atoms with van der Waals surface area (Å²) in [6, 6.07) is 2.71. The second-order valence-corrected chi connectivity index (χ2v) is 5.55. The number of carbonyl (C=O) groups excluding carboxylic acids is 1. The Bertz CT molecular complexity index is 514. The Kier molecular flexibility index (Phi) is 3.06. The van der Waals surface area contributed by atoms with E-state index in [1.165, 1.54) is 12.1 Å². The molecule has 3 N–H and O–H groups in total. The van der Waals surface area contributed by atoms with Gasteiger partial charge in [0.05, 0.1) is 11.2 Å². The second-order valence-electron chi connectivity index (χ2n) is 5.55. The van der Waals surface area contributed by atoms with Crippen molar-refractivity contribution in [2.45, 2.75) is 38.9 Å². The predicted molar refractivity (Wildman–Crippen MR) is 70.1 cm³/mol. The summed E-state index contributed by atoms with van der Waals surface area (Å²) in [6.45, 7) is 7.56. The van der Waals surface area contributed by atoms with E-state index in [2.05, 4.69) is 4.98 Å². The van der Waals surface area contributed by atoms with Gasteiger partial charge in [-0.05, 0) is 39.8 Å². The molecule has 102 valence electrons. The number of aromatic nitrogens is 1. The number of nitrogens with zero attached hydrogens (tertiary/aromatic N) is 1. The van der Waals surface area contributed by atoms with Crippen molar-refractivity contribution in [3.63, 3.8) is 0 Å². The average molecular weight is 264 g/mol. The highest BCUT2D eigenvalue weighted by Crippen LogP contribution is 2.36. The van der Waals surface area contributed by atoms with Crippen LogP contribution in [0.15, 0.2) is 12.1 Å². The molecule has 7 heteroatoms. The first-order valence-corrected chi connectivity index (χ1v) is 5.99. The third kappa shape index (κ3) is 2.31. The first-order chi connectivity index (χ1) is 8.64. The monoisotopic (exact) mass is 264 g/mol. The lowest BCUT2D eigenvalue weighted by Gasteiger charge is -2.32. The van der Waals surface area contributed by atoms with Crippen molar-refractivity contribution in [2.75, 3.05) is 0 Å². The van der Waals surface area contributed by atoms with Gasteiger partial charge in [-0.25, -0.2) is 4.98 Å². The zero-order chi connectivity index (χ0) is 14.4. The van der Waals surface area contributed by atoms with Gasteiger partial charge < -0.3 is 20.1 Å². The summed E-state index contributed by atoms with van der Waals surface area (Å²) >= 11 is 0. The summed E-state index contributed by atoms with van der Waals surface area (Å²) in [4.78, 5) is 15.1. The molecule has 0 aliphatic carbocycles. The molecule has 0 radical (unpaired) electrons. The molecule has 6 nitrogen and oxygen atoms in total. The molecule has 1 aliphatic heterocycles. The van der Waals surface area contributed by atoms with E-state index in [0.717, 1.165) is 0 Å². The van der Waals surface area contributed by atoms with E-state index in [4.69, 9.17) is 15.0 Å². The van der Waals surface area contributed by atoms with Gasteiger partial charge in [0.15, 0.2) is 0 Å². The average Bonchev–Trinajstić information content (AvgIpc) is 2.48. The molecule has 1 aromatic rings. The van der Waals surface area contributed by atoms with Crippen LogP contribution in [-0.4, -0.2) is 34.3 Å². The Morgan fingerprint density at radius 2 is 1.79 bits per heavy atom. The van der Waals surface area contributed by atoms with Crippen LogP contribution in [0.1, 0.15) is 38.2 Å². The summed E-state index contributed by atoms with van der Waals surface area (Å²) in [5.74, 6) is -0.763. The molecule has 1 aromatic heterocycles. The van der Waals surface area contributed by atoms with E-state index < -0.39 is 24.2 Å². The van der Waals surface area contributed by atoms with Crippen LogP contribution in [0.2, 0.25) is 0 Å². The molecular weight excluding hydrogens is 247 g/mol. The van der Waals surface area contributed by atoms with Crippen molar-refractivity contribution < 1.29 is 19.2 Å². The maximum Gasteiger partial charge on any atom is 0.518 e. The molecule has 0 saturated carbocycles. The van der Waals surface area contributed by atoms with Crippen LogP contribution < -0.4 is 11.3 Å². The van der Waals surface area contributed by atoms with Crippen molar-refractivity contribution in [3.8, 4) is 5.75 Å². The molecule has 1 fully saturated rings. The third-order valence-corrected chi connectivity index (χ3v) is 3.63. The van der Waals surface area contributed by atoms with Gasteiger partial charge in [-0.3, -0.25) is 4.79 Å². The largest absolute Gasteiger partial charge is 0.518 e. The van der Waals surface area contributed by atoms with Gasteiger partial charge in [0, 0.05) is 0 Å². The molecule has 1 amide bonds. The van der Waals surface area contributed by atoms with Crippen LogP contribution in [0.5, 0.6) is 5.75 Å². The zero-order valence-electron chi connectivity index (χ0n) is 11.4. The third-order valence-electron chi connectivity index (χ3n) is 3.63. The first-order valence-electron chi connectivity index (χ1n) is 5.99. The number of aromatic hydroxyl groups is 1. The second kappa shape index (κ2) is 4.21.